The topological polar surface area (TPSA) is 60.8 Å². The second-order valence-electron chi connectivity index (χ2n) is 4.46. The molecule has 0 atom stereocenters. The zero-order valence-electron chi connectivity index (χ0n) is 10.5. The molecule has 102 valence electrons. The number of carbonyl (C=O) groups is 1. The number of alkyl halides is 1. The summed E-state index contributed by atoms with van der Waals surface area (Å²) in [6.07, 6.45) is 4.88. The van der Waals surface area contributed by atoms with Gasteiger partial charge in [0.1, 0.15) is 5.75 Å². The molecule has 2 N–H and O–H groups in total. The smallest absolute Gasteiger partial charge is 0.230 e. The van der Waals surface area contributed by atoms with E-state index in [0.717, 1.165) is 22.0 Å². The second kappa shape index (κ2) is 6.38. The number of fused-ring (bicyclic) bond motifs is 1. The molecular formula is C14H16INO3. The summed E-state index contributed by atoms with van der Waals surface area (Å²) in [5.74, 6) is 0.119. The maximum absolute atomic E-state index is 12.1. The van der Waals surface area contributed by atoms with E-state index in [0.29, 0.717) is 18.5 Å². The molecule has 1 amide bonds. The third-order valence-electron chi connectivity index (χ3n) is 3.14. The van der Waals surface area contributed by atoms with Gasteiger partial charge in [-0.05, 0) is 35.8 Å². The van der Waals surface area contributed by atoms with Crippen LogP contribution in [0.15, 0.2) is 18.3 Å². The summed E-state index contributed by atoms with van der Waals surface area (Å²) >= 11 is 2.29. The maximum Gasteiger partial charge on any atom is 0.230 e. The van der Waals surface area contributed by atoms with Crippen molar-refractivity contribution in [3.63, 3.8) is 0 Å². The van der Waals surface area contributed by atoms with Crippen molar-refractivity contribution in [2.45, 2.75) is 19.4 Å². The van der Waals surface area contributed by atoms with Crippen molar-refractivity contribution in [1.29, 1.82) is 0 Å². The summed E-state index contributed by atoms with van der Waals surface area (Å²) in [6, 6.07) is 3.31. The molecular weight excluding hydrogens is 357 g/mol. The number of phenols is 1. The fraction of sp³-hybridized carbons (Fsp3) is 0.357. The van der Waals surface area contributed by atoms with Gasteiger partial charge in [0.15, 0.2) is 0 Å². The molecule has 5 heteroatoms. The average Bonchev–Trinajstić information content (AvgIpc) is 2.54. The summed E-state index contributed by atoms with van der Waals surface area (Å²) < 4.78 is 1.01. The molecule has 19 heavy (non-hydrogen) atoms. The number of carbonyl (C=O) groups excluding carboxylic acids is 1. The van der Waals surface area contributed by atoms with E-state index in [1.165, 1.54) is 0 Å². The number of aliphatic hydroxyl groups excluding tert-OH is 1. The number of aliphatic hydroxyl groups is 1. The second-order valence-corrected chi connectivity index (χ2v) is 5.54. The van der Waals surface area contributed by atoms with Crippen LogP contribution in [0.5, 0.6) is 5.75 Å². The van der Waals surface area contributed by atoms with Crippen molar-refractivity contribution in [2.24, 2.45) is 0 Å². The van der Waals surface area contributed by atoms with Gasteiger partial charge in [-0.15, -0.1) is 0 Å². The monoisotopic (exact) mass is 373 g/mol. The number of aromatic hydroxyl groups is 1. The van der Waals surface area contributed by atoms with Crippen molar-refractivity contribution in [3.05, 3.63) is 35.0 Å². The van der Waals surface area contributed by atoms with Gasteiger partial charge in [-0.25, -0.2) is 0 Å². The molecule has 0 saturated carbocycles. The zero-order chi connectivity index (χ0) is 13.8. The summed E-state index contributed by atoms with van der Waals surface area (Å²) in [5, 5.41) is 18.9. The molecule has 0 radical (unpaired) electrons. The lowest BCUT2D eigenvalue weighted by Gasteiger charge is -2.16. The lowest BCUT2D eigenvalue weighted by atomic mass is 10.0. The highest BCUT2D eigenvalue weighted by molar-refractivity contribution is 14.1. The Morgan fingerprint density at radius 2 is 2.16 bits per heavy atom. The summed E-state index contributed by atoms with van der Waals surface area (Å²) in [7, 11) is 0. The quantitative estimate of drug-likeness (QED) is 0.628. The molecule has 0 fully saturated rings. The Morgan fingerprint density at radius 3 is 2.84 bits per heavy atom. The number of nitrogens with zero attached hydrogens (tertiary/aromatic N) is 1. The van der Waals surface area contributed by atoms with Crippen LogP contribution in [0, 0.1) is 0 Å². The Balaban J connectivity index is 2.28. The number of rotatable bonds is 4. The number of halogens is 1. The third kappa shape index (κ3) is 3.27. The van der Waals surface area contributed by atoms with E-state index < -0.39 is 0 Å². The van der Waals surface area contributed by atoms with E-state index in [1.54, 1.807) is 23.2 Å². The highest BCUT2D eigenvalue weighted by Gasteiger charge is 2.18. The first-order chi connectivity index (χ1) is 9.15. The van der Waals surface area contributed by atoms with Crippen LogP contribution in [0.1, 0.15) is 23.1 Å². The Labute approximate surface area is 125 Å². The Bertz CT molecular complexity index is 514. The fourth-order valence-electron chi connectivity index (χ4n) is 2.08. The number of hydrogen-bond donors (Lipinski definition) is 2. The summed E-state index contributed by atoms with van der Waals surface area (Å²) in [6.45, 7) is 0.487. The molecule has 0 unspecified atom stereocenters. The molecule has 0 saturated heterocycles. The van der Waals surface area contributed by atoms with Gasteiger partial charge in [-0.1, -0.05) is 22.6 Å². The van der Waals surface area contributed by atoms with Gasteiger partial charge in [0.05, 0.1) is 13.0 Å². The molecule has 1 aliphatic heterocycles. The Kier molecular flexibility index (Phi) is 4.81. The van der Waals surface area contributed by atoms with Gasteiger partial charge in [0, 0.05) is 22.7 Å². The number of amides is 1. The normalized spacial score (nSPS) is 14.4. The molecule has 0 aliphatic carbocycles. The van der Waals surface area contributed by atoms with Gasteiger partial charge in [0.25, 0.3) is 0 Å². The van der Waals surface area contributed by atoms with Crippen molar-refractivity contribution >= 4 is 34.6 Å². The van der Waals surface area contributed by atoms with E-state index in [9.17, 15) is 9.90 Å². The molecule has 4 nitrogen and oxygen atoms in total. The lowest BCUT2D eigenvalue weighted by Crippen LogP contribution is -2.27. The third-order valence-corrected chi connectivity index (χ3v) is 3.90. The van der Waals surface area contributed by atoms with Gasteiger partial charge in [-0.2, -0.15) is 0 Å². The van der Waals surface area contributed by atoms with Crippen LogP contribution in [0.2, 0.25) is 0 Å². The van der Waals surface area contributed by atoms with Crippen molar-refractivity contribution < 1.29 is 15.0 Å². The van der Waals surface area contributed by atoms with E-state index >= 15 is 0 Å². The van der Waals surface area contributed by atoms with E-state index in [4.69, 9.17) is 5.11 Å². The highest BCUT2D eigenvalue weighted by atomic mass is 127. The molecule has 0 spiro atoms. The minimum Gasteiger partial charge on any atom is -0.508 e. The minimum absolute atomic E-state index is 0.0504. The van der Waals surface area contributed by atoms with Crippen LogP contribution in [-0.4, -0.2) is 32.0 Å². The van der Waals surface area contributed by atoms with Crippen molar-refractivity contribution in [1.82, 2.24) is 4.90 Å². The van der Waals surface area contributed by atoms with Crippen molar-refractivity contribution in [3.8, 4) is 5.75 Å². The zero-order valence-corrected chi connectivity index (χ0v) is 12.6. The standard InChI is InChI=1S/C14H16INO3/c15-3-1-4-16-5-2-10-7-13(18)12(9-17)6-11(10)8-14(16)19/h2,5-7,17-18H,1,3-4,8-9H2. The number of hydrogen-bond acceptors (Lipinski definition) is 3. The fourth-order valence-corrected chi connectivity index (χ4v) is 2.42. The molecule has 0 bridgehead atoms. The Morgan fingerprint density at radius 1 is 1.37 bits per heavy atom. The highest BCUT2D eigenvalue weighted by Crippen LogP contribution is 2.26. The van der Waals surface area contributed by atoms with E-state index in [-0.39, 0.29) is 18.3 Å². The van der Waals surface area contributed by atoms with Gasteiger partial charge >= 0.3 is 0 Å². The van der Waals surface area contributed by atoms with Crippen LogP contribution in [0.25, 0.3) is 6.08 Å². The molecule has 1 aromatic rings. The van der Waals surface area contributed by atoms with Crippen molar-refractivity contribution in [2.75, 3.05) is 11.0 Å². The molecule has 0 aromatic heterocycles. The first-order valence-electron chi connectivity index (χ1n) is 6.15. The average molecular weight is 373 g/mol. The summed E-state index contributed by atoms with van der Waals surface area (Å²) in [4.78, 5) is 13.8. The maximum atomic E-state index is 12.1. The summed E-state index contributed by atoms with van der Waals surface area (Å²) in [5.41, 5.74) is 2.14. The van der Waals surface area contributed by atoms with Crippen LogP contribution in [-0.2, 0) is 17.8 Å². The van der Waals surface area contributed by atoms with Gasteiger partial charge in [-0.3, -0.25) is 4.79 Å². The lowest BCUT2D eigenvalue weighted by molar-refractivity contribution is -0.127. The first kappa shape index (κ1) is 14.3. The first-order valence-corrected chi connectivity index (χ1v) is 7.67. The largest absolute Gasteiger partial charge is 0.508 e. The van der Waals surface area contributed by atoms with Gasteiger partial charge in [0.2, 0.25) is 5.91 Å². The molecule has 1 heterocycles. The Hall–Kier alpha value is -1.08. The predicted octanol–water partition coefficient (Wildman–Crippen LogP) is 2.06. The van der Waals surface area contributed by atoms with E-state index in [1.807, 2.05) is 6.08 Å². The molecule has 1 aromatic carbocycles. The number of benzene rings is 1. The molecule has 1 aliphatic rings. The van der Waals surface area contributed by atoms with E-state index in [2.05, 4.69) is 22.6 Å². The van der Waals surface area contributed by atoms with Gasteiger partial charge < -0.3 is 15.1 Å². The van der Waals surface area contributed by atoms with Crippen LogP contribution < -0.4 is 0 Å². The predicted molar refractivity (Wildman–Crippen MR) is 82.0 cm³/mol. The van der Waals surface area contributed by atoms with Crippen LogP contribution >= 0.6 is 22.6 Å². The molecule has 2 rings (SSSR count). The van der Waals surface area contributed by atoms with Crippen LogP contribution in [0.4, 0.5) is 0 Å². The SMILES string of the molecule is O=C1Cc2cc(CO)c(O)cc2C=CN1CCCI. The van der Waals surface area contributed by atoms with Crippen LogP contribution in [0.3, 0.4) is 0 Å². The minimum atomic E-state index is -0.227.